The summed E-state index contributed by atoms with van der Waals surface area (Å²) in [5.41, 5.74) is 7.95. The van der Waals surface area contributed by atoms with Gasteiger partial charge in [0.2, 0.25) is 0 Å². The van der Waals surface area contributed by atoms with Gasteiger partial charge in [0.15, 0.2) is 11.5 Å². The highest BCUT2D eigenvalue weighted by atomic mass is 16.5. The van der Waals surface area contributed by atoms with Crippen LogP contribution in [0, 0.1) is 23.2 Å². The van der Waals surface area contributed by atoms with E-state index in [0.717, 1.165) is 48.8 Å². The van der Waals surface area contributed by atoms with Crippen molar-refractivity contribution in [3.8, 4) is 11.8 Å². The third-order valence-corrected chi connectivity index (χ3v) is 8.04. The molecule has 1 unspecified atom stereocenters. The molecule has 1 aromatic rings. The Bertz CT molecular complexity index is 1120. The molecule has 4 aliphatic rings. The summed E-state index contributed by atoms with van der Waals surface area (Å²) in [5, 5.41) is 0. The highest BCUT2D eigenvalue weighted by molar-refractivity contribution is 6.08. The van der Waals surface area contributed by atoms with Crippen molar-refractivity contribution >= 4 is 17.8 Å². The molecular weight excluding hydrogens is 442 g/mol. The molecule has 3 aliphatic carbocycles. The van der Waals surface area contributed by atoms with E-state index in [1.54, 1.807) is 7.11 Å². The Kier molecular flexibility index (Phi) is 6.13. The van der Waals surface area contributed by atoms with Crippen molar-refractivity contribution in [3.05, 3.63) is 34.9 Å². The normalized spacial score (nSPS) is 29.4. The number of fused-ring (bicyclic) bond motifs is 3. The number of ether oxygens (including phenoxy) is 2. The lowest BCUT2D eigenvalue weighted by molar-refractivity contribution is -0.148. The third kappa shape index (κ3) is 4.12. The molecule has 1 atom stereocenters. The molecule has 0 radical (unpaired) electrons. The van der Waals surface area contributed by atoms with Crippen molar-refractivity contribution in [2.24, 2.45) is 22.1 Å². The van der Waals surface area contributed by atoms with E-state index < -0.39 is 5.54 Å². The van der Waals surface area contributed by atoms with E-state index >= 15 is 0 Å². The van der Waals surface area contributed by atoms with Crippen molar-refractivity contribution in [2.75, 3.05) is 13.7 Å². The Balaban J connectivity index is 1.51. The van der Waals surface area contributed by atoms with Gasteiger partial charge >= 0.3 is 5.97 Å². The van der Waals surface area contributed by atoms with Crippen molar-refractivity contribution < 1.29 is 19.1 Å². The van der Waals surface area contributed by atoms with Gasteiger partial charge in [-0.25, -0.2) is 4.99 Å². The number of methoxy groups -OCH3 is 1. The molecule has 0 aromatic heterocycles. The number of carbonyl (C=O) groups is 2. The number of nitrogens with two attached hydrogens (primary N) is 1. The van der Waals surface area contributed by atoms with Crippen molar-refractivity contribution in [2.45, 2.75) is 83.0 Å². The molecule has 2 fully saturated rings. The van der Waals surface area contributed by atoms with E-state index in [4.69, 9.17) is 20.2 Å². The van der Waals surface area contributed by atoms with Crippen LogP contribution in [0.15, 0.2) is 23.2 Å². The van der Waals surface area contributed by atoms with Crippen molar-refractivity contribution in [3.63, 3.8) is 0 Å². The zero-order chi connectivity index (χ0) is 24.8. The second kappa shape index (κ2) is 8.98. The number of aliphatic imine (C=N–C) groups is 1. The number of rotatable bonds is 5. The van der Waals surface area contributed by atoms with E-state index in [9.17, 15) is 9.59 Å². The molecule has 35 heavy (non-hydrogen) atoms. The van der Waals surface area contributed by atoms with E-state index in [2.05, 4.69) is 30.0 Å². The number of benzene rings is 1. The first-order chi connectivity index (χ1) is 16.8. The molecule has 7 nitrogen and oxygen atoms in total. The van der Waals surface area contributed by atoms with Gasteiger partial charge in [-0.15, -0.1) is 0 Å². The Morgan fingerprint density at radius 3 is 2.66 bits per heavy atom. The lowest BCUT2D eigenvalue weighted by Gasteiger charge is -2.45. The van der Waals surface area contributed by atoms with Crippen LogP contribution in [-0.4, -0.2) is 48.6 Å². The van der Waals surface area contributed by atoms with Gasteiger partial charge in [-0.05, 0) is 82.1 Å². The smallest absolute Gasteiger partial charge is 0.307 e. The molecule has 5 rings (SSSR count). The molecule has 0 bridgehead atoms. The van der Waals surface area contributed by atoms with Gasteiger partial charge in [-0.1, -0.05) is 17.9 Å². The quantitative estimate of drug-likeness (QED) is 0.519. The standard InChI is InChI=1S/C28H35N3O4/c1-18(2)35-24(32)12-15-31-25(33)28(30-26(31)29)23-16-20(7-6-19-4-5-19)8-9-21(23)17-27(28)13-10-22(34-3)11-14-27/h8-9,16,18-19,22H,4-5,10-15,17H2,1-3H3,(H2,29,30). The summed E-state index contributed by atoms with van der Waals surface area (Å²) in [7, 11) is 1.75. The number of guanidine groups is 1. The second-order valence-corrected chi connectivity index (χ2v) is 10.7. The van der Waals surface area contributed by atoms with Crippen molar-refractivity contribution in [1.82, 2.24) is 4.90 Å². The summed E-state index contributed by atoms with van der Waals surface area (Å²) >= 11 is 0. The third-order valence-electron chi connectivity index (χ3n) is 8.04. The fraction of sp³-hybridized carbons (Fsp3) is 0.607. The summed E-state index contributed by atoms with van der Waals surface area (Å²) in [5.74, 6) is 6.84. The number of amides is 1. The van der Waals surface area contributed by atoms with Crippen LogP contribution in [0.2, 0.25) is 0 Å². The van der Waals surface area contributed by atoms with Crippen LogP contribution in [0.4, 0.5) is 0 Å². The zero-order valence-corrected chi connectivity index (χ0v) is 20.9. The maximum Gasteiger partial charge on any atom is 0.307 e. The number of carbonyl (C=O) groups excluding carboxylic acids is 2. The highest BCUT2D eigenvalue weighted by Gasteiger charge is 2.66. The summed E-state index contributed by atoms with van der Waals surface area (Å²) in [6.07, 6.45) is 6.60. The molecule has 1 aliphatic heterocycles. The minimum Gasteiger partial charge on any atom is -0.463 e. The van der Waals surface area contributed by atoms with Crippen molar-refractivity contribution in [1.29, 1.82) is 0 Å². The Morgan fingerprint density at radius 2 is 2.00 bits per heavy atom. The lowest BCUT2D eigenvalue weighted by atomic mass is 9.61. The predicted octanol–water partition coefficient (Wildman–Crippen LogP) is 3.27. The monoisotopic (exact) mass is 477 g/mol. The summed E-state index contributed by atoms with van der Waals surface area (Å²) < 4.78 is 10.9. The molecule has 186 valence electrons. The minimum absolute atomic E-state index is 0.0781. The van der Waals surface area contributed by atoms with Gasteiger partial charge in [-0.3, -0.25) is 14.5 Å². The largest absolute Gasteiger partial charge is 0.463 e. The highest BCUT2D eigenvalue weighted by Crippen LogP contribution is 2.62. The summed E-state index contributed by atoms with van der Waals surface area (Å²) in [6, 6.07) is 6.24. The van der Waals surface area contributed by atoms with Gasteiger partial charge in [0.05, 0.1) is 18.6 Å². The fourth-order valence-corrected chi connectivity index (χ4v) is 6.10. The van der Waals surface area contributed by atoms with Crippen LogP contribution in [0.5, 0.6) is 0 Å². The number of hydrogen-bond donors (Lipinski definition) is 1. The predicted molar refractivity (Wildman–Crippen MR) is 132 cm³/mol. The van der Waals surface area contributed by atoms with Crippen LogP contribution < -0.4 is 5.73 Å². The second-order valence-electron chi connectivity index (χ2n) is 10.7. The molecule has 0 saturated heterocycles. The maximum atomic E-state index is 14.3. The molecule has 2 N–H and O–H groups in total. The van der Waals surface area contributed by atoms with Crippen LogP contribution in [0.25, 0.3) is 0 Å². The zero-order valence-electron chi connectivity index (χ0n) is 20.9. The molecule has 2 spiro atoms. The minimum atomic E-state index is -1.08. The molecule has 1 aromatic carbocycles. The summed E-state index contributed by atoms with van der Waals surface area (Å²) in [4.78, 5) is 32.9. The van der Waals surface area contributed by atoms with Crippen LogP contribution in [-0.2, 0) is 31.0 Å². The van der Waals surface area contributed by atoms with Crippen LogP contribution in [0.1, 0.15) is 75.5 Å². The molecule has 7 heteroatoms. The van der Waals surface area contributed by atoms with Gasteiger partial charge in [0.1, 0.15) is 0 Å². The number of hydrogen-bond acceptors (Lipinski definition) is 6. The molecule has 1 heterocycles. The summed E-state index contributed by atoms with van der Waals surface area (Å²) in [6.45, 7) is 3.78. The van der Waals surface area contributed by atoms with Gasteiger partial charge < -0.3 is 15.2 Å². The first kappa shape index (κ1) is 23.9. The first-order valence-corrected chi connectivity index (χ1v) is 12.8. The van der Waals surface area contributed by atoms with E-state index in [0.29, 0.717) is 5.92 Å². The van der Waals surface area contributed by atoms with E-state index in [1.165, 1.54) is 17.7 Å². The fourth-order valence-electron chi connectivity index (χ4n) is 6.10. The average Bonchev–Trinajstić information content (AvgIpc) is 3.57. The van der Waals surface area contributed by atoms with Gasteiger partial charge in [0, 0.05) is 30.6 Å². The topological polar surface area (TPSA) is 94.2 Å². The van der Waals surface area contributed by atoms with E-state index in [-0.39, 0.29) is 48.4 Å². The van der Waals surface area contributed by atoms with E-state index in [1.807, 2.05) is 13.8 Å². The Hall–Kier alpha value is -2.85. The number of esters is 1. The number of nitrogens with zero attached hydrogens (tertiary/aromatic N) is 2. The lowest BCUT2D eigenvalue weighted by Crippen LogP contribution is -2.52. The Morgan fingerprint density at radius 1 is 1.26 bits per heavy atom. The van der Waals surface area contributed by atoms with Gasteiger partial charge in [0.25, 0.3) is 5.91 Å². The average molecular weight is 478 g/mol. The molecule has 2 saturated carbocycles. The molecular formula is C28H35N3O4. The van der Waals surface area contributed by atoms with Gasteiger partial charge in [-0.2, -0.15) is 0 Å². The maximum absolute atomic E-state index is 14.3. The SMILES string of the molecule is COC1CCC2(CC1)Cc1ccc(C#CC3CC3)cc1C21N=C(N)N(CCC(=O)OC(C)C)C1=O. The first-order valence-electron chi connectivity index (χ1n) is 12.8. The molecule has 1 amide bonds. The van der Waals surface area contributed by atoms with Crippen LogP contribution >= 0.6 is 0 Å². The van der Waals surface area contributed by atoms with Crippen LogP contribution in [0.3, 0.4) is 0 Å². The Labute approximate surface area is 207 Å².